The summed E-state index contributed by atoms with van der Waals surface area (Å²) >= 11 is 6.82. The molecule has 2 fully saturated rings. The number of amides is 3. The van der Waals surface area contributed by atoms with Crippen LogP contribution >= 0.6 is 31.9 Å². The molecule has 2 saturated carbocycles. The molecule has 1 N–H and O–H groups in total. The second kappa shape index (κ2) is 9.86. The topological polar surface area (TPSA) is 79.6 Å². The van der Waals surface area contributed by atoms with Crippen molar-refractivity contribution in [1.82, 2.24) is 10.2 Å². The maximum atomic E-state index is 13.5. The van der Waals surface area contributed by atoms with E-state index in [9.17, 15) is 14.4 Å². The smallest absolute Gasteiger partial charge is 0.349 e. The van der Waals surface area contributed by atoms with Gasteiger partial charge in [0.15, 0.2) is 5.58 Å². The van der Waals surface area contributed by atoms with Crippen LogP contribution in [-0.4, -0.2) is 28.9 Å². The molecule has 3 amide bonds. The highest BCUT2D eigenvalue weighted by molar-refractivity contribution is 9.11. The third kappa shape index (κ3) is 5.06. The van der Waals surface area contributed by atoms with Crippen LogP contribution in [0.1, 0.15) is 74.6 Å². The Kier molecular flexibility index (Phi) is 7.16. The van der Waals surface area contributed by atoms with Gasteiger partial charge in [0.25, 0.3) is 5.91 Å². The molecule has 4 rings (SSSR count). The van der Waals surface area contributed by atoms with Gasteiger partial charge in [-0.15, -0.1) is 0 Å². The van der Waals surface area contributed by atoms with Crippen LogP contribution < -0.4 is 10.9 Å². The van der Waals surface area contributed by atoms with Gasteiger partial charge < -0.3 is 9.73 Å². The molecule has 0 aliphatic heterocycles. The van der Waals surface area contributed by atoms with Crippen molar-refractivity contribution >= 4 is 54.8 Å². The van der Waals surface area contributed by atoms with E-state index in [1.165, 1.54) is 17.4 Å². The van der Waals surface area contributed by atoms with Crippen LogP contribution in [0.2, 0.25) is 0 Å². The summed E-state index contributed by atoms with van der Waals surface area (Å²) < 4.78 is 6.87. The van der Waals surface area contributed by atoms with Gasteiger partial charge >= 0.3 is 11.7 Å². The molecule has 1 aromatic heterocycles. The van der Waals surface area contributed by atoms with E-state index in [0.29, 0.717) is 15.4 Å². The lowest BCUT2D eigenvalue weighted by Gasteiger charge is -2.34. The zero-order chi connectivity index (χ0) is 22.0. The summed E-state index contributed by atoms with van der Waals surface area (Å²) in [6.07, 6.45) is 9.77. The van der Waals surface area contributed by atoms with E-state index >= 15 is 0 Å². The van der Waals surface area contributed by atoms with Gasteiger partial charge in [-0.3, -0.25) is 9.69 Å². The molecule has 166 valence electrons. The van der Waals surface area contributed by atoms with Crippen molar-refractivity contribution in [1.29, 1.82) is 0 Å². The summed E-state index contributed by atoms with van der Waals surface area (Å²) in [6.45, 7) is 0. The molecule has 0 spiro atoms. The first kappa shape index (κ1) is 22.5. The number of hydrogen-bond acceptors (Lipinski definition) is 4. The molecule has 6 nitrogen and oxygen atoms in total. The van der Waals surface area contributed by atoms with Crippen molar-refractivity contribution in [3.05, 3.63) is 43.1 Å². The molecule has 31 heavy (non-hydrogen) atoms. The Bertz CT molecular complexity index is 1040. The predicted molar refractivity (Wildman–Crippen MR) is 126 cm³/mol. The van der Waals surface area contributed by atoms with Gasteiger partial charge in [-0.05, 0) is 59.8 Å². The van der Waals surface area contributed by atoms with Crippen LogP contribution in [0.4, 0.5) is 4.79 Å². The van der Waals surface area contributed by atoms with E-state index in [0.717, 1.165) is 62.3 Å². The normalized spacial score (nSPS) is 18.1. The minimum absolute atomic E-state index is 0.0834. The molecular weight excluding hydrogens is 528 g/mol. The minimum atomic E-state index is -0.730. The average Bonchev–Trinajstić information content (AvgIpc) is 2.75. The second-order valence-corrected chi connectivity index (χ2v) is 10.3. The Morgan fingerprint density at radius 3 is 2.26 bits per heavy atom. The number of carbonyl (C=O) groups is 2. The molecule has 8 heteroatoms. The van der Waals surface area contributed by atoms with Crippen LogP contribution in [0.3, 0.4) is 0 Å². The summed E-state index contributed by atoms with van der Waals surface area (Å²) in [6, 6.07) is 4.59. The van der Waals surface area contributed by atoms with Crippen LogP contribution in [0.25, 0.3) is 11.0 Å². The molecule has 2 aliphatic rings. The number of urea groups is 1. The highest BCUT2D eigenvalue weighted by Gasteiger charge is 2.34. The standard InChI is InChI=1S/C23H26Br2N2O4/c24-15-11-14-12-18(22(29)31-20(14)19(25)13-15)21(28)27(17-9-5-2-6-10-17)23(30)26-16-7-3-1-4-8-16/h11-13,16-17H,1-10H2,(H,26,30). The molecule has 0 radical (unpaired) electrons. The number of rotatable bonds is 3. The predicted octanol–water partition coefficient (Wildman–Crippen LogP) is 6.14. The monoisotopic (exact) mass is 552 g/mol. The minimum Gasteiger partial charge on any atom is -0.421 e. The number of benzene rings is 1. The third-order valence-electron chi connectivity index (χ3n) is 6.29. The first-order valence-electron chi connectivity index (χ1n) is 11.0. The first-order chi connectivity index (χ1) is 14.9. The van der Waals surface area contributed by atoms with Gasteiger partial charge in [0.1, 0.15) is 5.56 Å². The average molecular weight is 554 g/mol. The van der Waals surface area contributed by atoms with E-state index in [1.54, 1.807) is 12.1 Å². The van der Waals surface area contributed by atoms with Gasteiger partial charge in [0.2, 0.25) is 0 Å². The molecule has 2 aromatic rings. The molecule has 0 atom stereocenters. The zero-order valence-electron chi connectivity index (χ0n) is 17.3. The number of nitrogens with one attached hydrogen (secondary N) is 1. The van der Waals surface area contributed by atoms with Crippen molar-refractivity contribution < 1.29 is 14.0 Å². The van der Waals surface area contributed by atoms with Crippen molar-refractivity contribution in [3.63, 3.8) is 0 Å². The SMILES string of the molecule is O=C(NC1CCCCC1)N(C(=O)c1cc2cc(Br)cc(Br)c2oc1=O)C1CCCCC1. The van der Waals surface area contributed by atoms with Crippen LogP contribution in [-0.2, 0) is 0 Å². The molecule has 2 aliphatic carbocycles. The molecule has 0 unspecified atom stereocenters. The number of imide groups is 1. The highest BCUT2D eigenvalue weighted by Crippen LogP contribution is 2.29. The van der Waals surface area contributed by atoms with E-state index in [4.69, 9.17) is 4.42 Å². The van der Waals surface area contributed by atoms with Gasteiger partial charge in [0.05, 0.1) is 4.47 Å². The lowest BCUT2D eigenvalue weighted by Crippen LogP contribution is -2.53. The van der Waals surface area contributed by atoms with Crippen molar-refractivity contribution in [3.8, 4) is 0 Å². The molecule has 0 bridgehead atoms. The Labute approximate surface area is 198 Å². The second-order valence-electron chi connectivity index (χ2n) is 8.50. The molecular formula is C23H26Br2N2O4. The fourth-order valence-electron chi connectivity index (χ4n) is 4.69. The van der Waals surface area contributed by atoms with E-state index in [-0.39, 0.29) is 17.6 Å². The number of hydrogen-bond donors (Lipinski definition) is 1. The van der Waals surface area contributed by atoms with Gasteiger partial charge in [-0.2, -0.15) is 0 Å². The summed E-state index contributed by atoms with van der Waals surface area (Å²) in [7, 11) is 0. The number of carbonyl (C=O) groups excluding carboxylic acids is 2. The summed E-state index contributed by atoms with van der Waals surface area (Å²) in [5.41, 5.74) is -0.464. The highest BCUT2D eigenvalue weighted by atomic mass is 79.9. The maximum absolute atomic E-state index is 13.5. The lowest BCUT2D eigenvalue weighted by molar-refractivity contribution is 0.0698. The van der Waals surface area contributed by atoms with E-state index < -0.39 is 17.6 Å². The number of halogens is 2. The van der Waals surface area contributed by atoms with Crippen molar-refractivity contribution in [2.75, 3.05) is 0 Å². The van der Waals surface area contributed by atoms with Gasteiger partial charge in [-0.1, -0.05) is 54.5 Å². The Morgan fingerprint density at radius 1 is 0.935 bits per heavy atom. The molecule has 1 heterocycles. The van der Waals surface area contributed by atoms with Gasteiger partial charge in [-0.25, -0.2) is 9.59 Å². The van der Waals surface area contributed by atoms with Gasteiger partial charge in [0, 0.05) is 21.9 Å². The fraction of sp³-hybridized carbons (Fsp3) is 0.522. The van der Waals surface area contributed by atoms with Crippen LogP contribution in [0, 0.1) is 0 Å². The van der Waals surface area contributed by atoms with Crippen LogP contribution in [0.15, 0.2) is 36.4 Å². The molecule has 0 saturated heterocycles. The van der Waals surface area contributed by atoms with E-state index in [2.05, 4.69) is 37.2 Å². The summed E-state index contributed by atoms with van der Waals surface area (Å²) in [5, 5.41) is 3.67. The largest absolute Gasteiger partial charge is 0.421 e. The Hall–Kier alpha value is -1.67. The summed E-state index contributed by atoms with van der Waals surface area (Å²) in [5.74, 6) is -0.577. The quantitative estimate of drug-likeness (QED) is 0.463. The lowest BCUT2D eigenvalue weighted by atomic mass is 9.93. The first-order valence-corrected chi connectivity index (χ1v) is 12.6. The van der Waals surface area contributed by atoms with Crippen molar-refractivity contribution in [2.24, 2.45) is 0 Å². The number of fused-ring (bicyclic) bond motifs is 1. The number of nitrogens with zero attached hydrogens (tertiary/aromatic N) is 1. The Balaban J connectivity index is 1.68. The maximum Gasteiger partial charge on any atom is 0.349 e. The Morgan fingerprint density at radius 2 is 1.58 bits per heavy atom. The van der Waals surface area contributed by atoms with Crippen molar-refractivity contribution in [2.45, 2.75) is 76.3 Å². The fourth-order valence-corrected chi connectivity index (χ4v) is 6.03. The zero-order valence-corrected chi connectivity index (χ0v) is 20.5. The summed E-state index contributed by atoms with van der Waals surface area (Å²) in [4.78, 5) is 40.8. The molecule has 1 aromatic carbocycles. The third-order valence-corrected chi connectivity index (χ3v) is 7.34. The van der Waals surface area contributed by atoms with E-state index in [1.807, 2.05) is 0 Å². The van der Waals surface area contributed by atoms with Crippen LogP contribution in [0.5, 0.6) is 0 Å².